The zero-order valence-corrected chi connectivity index (χ0v) is 9.48. The van der Waals surface area contributed by atoms with E-state index in [2.05, 4.69) is 9.97 Å². The lowest BCUT2D eigenvalue weighted by atomic mass is 9.89. The summed E-state index contributed by atoms with van der Waals surface area (Å²) < 4.78 is 0. The van der Waals surface area contributed by atoms with E-state index in [1.807, 2.05) is 0 Å². The molecule has 2 rings (SSSR count). The molecule has 92 valence electrons. The van der Waals surface area contributed by atoms with Gasteiger partial charge in [0.15, 0.2) is 0 Å². The molecule has 5 nitrogen and oxygen atoms in total. The van der Waals surface area contributed by atoms with Gasteiger partial charge in [-0.1, -0.05) is 30.3 Å². The van der Waals surface area contributed by atoms with Gasteiger partial charge in [0.05, 0.1) is 11.7 Å². The Labute approximate surface area is 104 Å². The van der Waals surface area contributed by atoms with Crippen molar-refractivity contribution < 1.29 is 15.0 Å². The molecule has 1 unspecified atom stereocenters. The number of hydrogen-bond donors (Lipinski definition) is 1. The first-order chi connectivity index (χ1) is 8.63. The molecule has 0 radical (unpaired) electrons. The Morgan fingerprint density at radius 1 is 1.28 bits per heavy atom. The van der Waals surface area contributed by atoms with Crippen LogP contribution < -0.4 is 5.11 Å². The van der Waals surface area contributed by atoms with E-state index < -0.39 is 11.6 Å². The van der Waals surface area contributed by atoms with Crippen LogP contribution in [0.5, 0.6) is 0 Å². The summed E-state index contributed by atoms with van der Waals surface area (Å²) in [5, 5.41) is 21.5. The van der Waals surface area contributed by atoms with Gasteiger partial charge in [0.1, 0.15) is 5.60 Å². The molecule has 0 saturated carbocycles. The smallest absolute Gasteiger partial charge is 0.134 e. The van der Waals surface area contributed by atoms with E-state index in [1.165, 1.54) is 30.7 Å². The van der Waals surface area contributed by atoms with Gasteiger partial charge in [0, 0.05) is 25.0 Å². The second-order valence-electron chi connectivity index (χ2n) is 3.89. The lowest BCUT2D eigenvalue weighted by Crippen LogP contribution is -2.47. The summed E-state index contributed by atoms with van der Waals surface area (Å²) in [5.74, 6) is -1.56. The van der Waals surface area contributed by atoms with Gasteiger partial charge in [0.25, 0.3) is 0 Å². The Morgan fingerprint density at radius 2 is 2.00 bits per heavy atom. The fourth-order valence-electron chi connectivity index (χ4n) is 1.69. The van der Waals surface area contributed by atoms with Gasteiger partial charge in [0.2, 0.25) is 0 Å². The maximum Gasteiger partial charge on any atom is 0.134 e. The van der Waals surface area contributed by atoms with Crippen LogP contribution in [0.25, 0.3) is 0 Å². The summed E-state index contributed by atoms with van der Waals surface area (Å²) in [6, 6.07) is 8.11. The minimum atomic E-state index is -2.10. The van der Waals surface area contributed by atoms with Crippen molar-refractivity contribution in [3.8, 4) is 0 Å². The molecule has 0 aliphatic heterocycles. The number of rotatable bonds is 4. The summed E-state index contributed by atoms with van der Waals surface area (Å²) in [7, 11) is 0. The van der Waals surface area contributed by atoms with Crippen molar-refractivity contribution in [1.29, 1.82) is 0 Å². The highest BCUT2D eigenvalue weighted by Gasteiger charge is 2.31. The summed E-state index contributed by atoms with van der Waals surface area (Å²) in [4.78, 5) is 19.0. The molecule has 0 amide bonds. The van der Waals surface area contributed by atoms with Crippen LogP contribution in [0, 0.1) is 0 Å². The first-order valence-corrected chi connectivity index (χ1v) is 5.37. The topological polar surface area (TPSA) is 86.1 Å². The molecule has 0 bridgehead atoms. The number of carbonyl (C=O) groups is 1. The fourth-order valence-corrected chi connectivity index (χ4v) is 1.69. The van der Waals surface area contributed by atoms with Crippen LogP contribution in [0.3, 0.4) is 0 Å². The number of aliphatic hydroxyl groups is 1. The van der Waals surface area contributed by atoms with Gasteiger partial charge in [-0.2, -0.15) is 0 Å². The normalized spacial score (nSPS) is 13.8. The number of carboxylic acids is 1. The van der Waals surface area contributed by atoms with Crippen LogP contribution in [0.4, 0.5) is 0 Å². The predicted octanol–water partition coefficient (Wildman–Crippen LogP) is -0.343. The van der Waals surface area contributed by atoms with Gasteiger partial charge in [-0.15, -0.1) is 0 Å². The Hall–Kier alpha value is -2.27. The van der Waals surface area contributed by atoms with Crippen LogP contribution in [-0.2, 0) is 16.8 Å². The summed E-state index contributed by atoms with van der Waals surface area (Å²) in [6.45, 7) is 0. The van der Waals surface area contributed by atoms with E-state index in [0.717, 1.165) is 0 Å². The van der Waals surface area contributed by atoms with E-state index in [1.54, 1.807) is 18.2 Å². The second-order valence-corrected chi connectivity index (χ2v) is 3.89. The van der Waals surface area contributed by atoms with Gasteiger partial charge >= 0.3 is 0 Å². The minimum Gasteiger partial charge on any atom is -0.547 e. The standard InChI is InChI=1S/C13H12N2O3/c16-12(17)13(18,10-4-2-1-3-5-10)8-11-9-14-6-7-15-11/h1-7,9,18H,8H2,(H,16,17)/p-1. The van der Waals surface area contributed by atoms with Gasteiger partial charge in [-0.3, -0.25) is 9.97 Å². The maximum absolute atomic E-state index is 11.2. The highest BCUT2D eigenvalue weighted by Crippen LogP contribution is 2.24. The van der Waals surface area contributed by atoms with Crippen molar-refractivity contribution in [2.75, 3.05) is 0 Å². The van der Waals surface area contributed by atoms with Crippen molar-refractivity contribution in [2.45, 2.75) is 12.0 Å². The van der Waals surface area contributed by atoms with Crippen LogP contribution in [0.1, 0.15) is 11.3 Å². The first kappa shape index (κ1) is 12.2. The maximum atomic E-state index is 11.2. The Kier molecular flexibility index (Phi) is 3.34. The molecule has 1 atom stereocenters. The third-order valence-electron chi connectivity index (χ3n) is 2.64. The number of benzene rings is 1. The highest BCUT2D eigenvalue weighted by molar-refractivity contribution is 5.77. The van der Waals surface area contributed by atoms with Crippen molar-refractivity contribution in [1.82, 2.24) is 9.97 Å². The molecule has 0 spiro atoms. The number of aliphatic carboxylic acids is 1. The predicted molar refractivity (Wildman–Crippen MR) is 61.1 cm³/mol. The van der Waals surface area contributed by atoms with Crippen molar-refractivity contribution in [3.05, 3.63) is 60.2 Å². The van der Waals surface area contributed by atoms with Crippen molar-refractivity contribution in [2.24, 2.45) is 0 Å². The Morgan fingerprint density at radius 3 is 2.56 bits per heavy atom. The summed E-state index contributed by atoms with van der Waals surface area (Å²) >= 11 is 0. The van der Waals surface area contributed by atoms with Crippen LogP contribution in [0.15, 0.2) is 48.9 Å². The molecule has 1 aromatic carbocycles. The molecule has 1 aromatic heterocycles. The highest BCUT2D eigenvalue weighted by atomic mass is 16.4. The van der Waals surface area contributed by atoms with Gasteiger partial charge < -0.3 is 15.0 Å². The monoisotopic (exact) mass is 243 g/mol. The van der Waals surface area contributed by atoms with E-state index >= 15 is 0 Å². The Bertz CT molecular complexity index is 530. The van der Waals surface area contributed by atoms with Crippen LogP contribution >= 0.6 is 0 Å². The van der Waals surface area contributed by atoms with Crippen molar-refractivity contribution >= 4 is 5.97 Å². The number of nitrogens with zero attached hydrogens (tertiary/aromatic N) is 2. The fraction of sp³-hybridized carbons (Fsp3) is 0.154. The van der Waals surface area contributed by atoms with Gasteiger partial charge in [-0.25, -0.2) is 0 Å². The molecule has 0 aliphatic carbocycles. The molecule has 2 aromatic rings. The molecular weight excluding hydrogens is 232 g/mol. The zero-order chi connectivity index (χ0) is 13.0. The summed E-state index contributed by atoms with van der Waals surface area (Å²) in [6.07, 6.45) is 4.14. The SMILES string of the molecule is O=C([O-])C(O)(Cc1cnccn1)c1ccccc1. The molecule has 1 N–H and O–H groups in total. The third-order valence-corrected chi connectivity index (χ3v) is 2.64. The molecule has 0 aliphatic rings. The largest absolute Gasteiger partial charge is 0.547 e. The molecular formula is C13H11N2O3-. The number of carbonyl (C=O) groups excluding carboxylic acids is 1. The quantitative estimate of drug-likeness (QED) is 0.793. The van der Waals surface area contributed by atoms with E-state index in [0.29, 0.717) is 5.69 Å². The lowest BCUT2D eigenvalue weighted by molar-refractivity contribution is -0.326. The first-order valence-electron chi connectivity index (χ1n) is 5.37. The molecule has 0 saturated heterocycles. The van der Waals surface area contributed by atoms with E-state index in [4.69, 9.17) is 0 Å². The minimum absolute atomic E-state index is 0.187. The molecule has 1 heterocycles. The number of hydrogen-bond acceptors (Lipinski definition) is 5. The molecule has 5 heteroatoms. The number of carboxylic acid groups (broad SMARTS) is 1. The average molecular weight is 243 g/mol. The second kappa shape index (κ2) is 4.93. The molecule has 18 heavy (non-hydrogen) atoms. The van der Waals surface area contributed by atoms with Crippen molar-refractivity contribution in [3.63, 3.8) is 0 Å². The van der Waals surface area contributed by atoms with Gasteiger partial charge in [-0.05, 0) is 5.56 Å². The zero-order valence-electron chi connectivity index (χ0n) is 9.48. The molecule has 0 fully saturated rings. The number of aromatic nitrogens is 2. The average Bonchev–Trinajstić information content (AvgIpc) is 2.40. The Balaban J connectivity index is 2.37. The summed E-state index contributed by atoms with van der Waals surface area (Å²) in [5.41, 5.74) is -1.46. The third kappa shape index (κ3) is 2.36. The van der Waals surface area contributed by atoms with E-state index in [9.17, 15) is 15.0 Å². The van der Waals surface area contributed by atoms with Crippen LogP contribution in [-0.4, -0.2) is 21.0 Å². The van der Waals surface area contributed by atoms with E-state index in [-0.39, 0.29) is 12.0 Å². The van der Waals surface area contributed by atoms with Crippen LogP contribution in [0.2, 0.25) is 0 Å². The lowest BCUT2D eigenvalue weighted by Gasteiger charge is -2.29.